The van der Waals surface area contributed by atoms with Crippen molar-refractivity contribution in [3.63, 3.8) is 0 Å². The molecule has 1 saturated heterocycles. The van der Waals surface area contributed by atoms with Gasteiger partial charge in [0.25, 0.3) is 0 Å². The van der Waals surface area contributed by atoms with Crippen LogP contribution in [-0.4, -0.2) is 19.2 Å². The van der Waals surface area contributed by atoms with Crippen molar-refractivity contribution in [2.75, 3.05) is 13.1 Å². The second-order valence-electron chi connectivity index (χ2n) is 7.41. The van der Waals surface area contributed by atoms with Crippen molar-refractivity contribution < 1.29 is 4.74 Å². The van der Waals surface area contributed by atoms with E-state index in [-0.39, 0.29) is 5.60 Å². The third kappa shape index (κ3) is 2.53. The van der Waals surface area contributed by atoms with Crippen molar-refractivity contribution in [3.05, 3.63) is 34.9 Å². The summed E-state index contributed by atoms with van der Waals surface area (Å²) in [6.07, 6.45) is 9.69. The SMILES string of the molecule is Cc1ccc2c(c1)C1(CC2)CNCC(CC2CCCC2)O1. The van der Waals surface area contributed by atoms with Crippen molar-refractivity contribution >= 4 is 0 Å². The van der Waals surface area contributed by atoms with Crippen LogP contribution in [-0.2, 0) is 16.8 Å². The number of nitrogens with one attached hydrogen (secondary N) is 1. The average Bonchev–Trinajstić information content (AvgIpc) is 3.09. The van der Waals surface area contributed by atoms with Gasteiger partial charge >= 0.3 is 0 Å². The highest BCUT2D eigenvalue weighted by Crippen LogP contribution is 2.43. The molecule has 1 N–H and O–H groups in total. The molecule has 1 aromatic carbocycles. The van der Waals surface area contributed by atoms with Gasteiger partial charge in [-0.1, -0.05) is 49.4 Å². The summed E-state index contributed by atoms with van der Waals surface area (Å²) in [4.78, 5) is 0. The zero-order valence-electron chi connectivity index (χ0n) is 13.2. The number of ether oxygens (including phenoxy) is 1. The van der Waals surface area contributed by atoms with Gasteiger partial charge in [0.15, 0.2) is 0 Å². The maximum absolute atomic E-state index is 6.72. The van der Waals surface area contributed by atoms with Gasteiger partial charge in [-0.25, -0.2) is 0 Å². The third-order valence-corrected chi connectivity index (χ3v) is 5.80. The highest BCUT2D eigenvalue weighted by atomic mass is 16.5. The maximum atomic E-state index is 6.72. The Kier molecular flexibility index (Phi) is 3.55. The molecule has 21 heavy (non-hydrogen) atoms. The van der Waals surface area contributed by atoms with Gasteiger partial charge in [0.1, 0.15) is 5.60 Å². The molecule has 2 unspecified atom stereocenters. The van der Waals surface area contributed by atoms with Crippen molar-refractivity contribution in [1.29, 1.82) is 0 Å². The Morgan fingerprint density at radius 3 is 3.00 bits per heavy atom. The summed E-state index contributed by atoms with van der Waals surface area (Å²) in [6, 6.07) is 6.91. The molecule has 1 saturated carbocycles. The van der Waals surface area contributed by atoms with Gasteiger partial charge in [-0.2, -0.15) is 0 Å². The first-order valence-electron chi connectivity index (χ1n) is 8.74. The first-order valence-corrected chi connectivity index (χ1v) is 8.74. The molecule has 0 radical (unpaired) electrons. The minimum atomic E-state index is -0.0388. The molecular formula is C19H27NO. The van der Waals surface area contributed by atoms with Crippen LogP contribution in [0.3, 0.4) is 0 Å². The number of hydrogen-bond acceptors (Lipinski definition) is 2. The van der Waals surface area contributed by atoms with E-state index in [9.17, 15) is 0 Å². The molecule has 4 rings (SSSR count). The number of fused-ring (bicyclic) bond motifs is 2. The van der Waals surface area contributed by atoms with Crippen molar-refractivity contribution in [2.45, 2.75) is 63.6 Å². The van der Waals surface area contributed by atoms with Gasteiger partial charge in [0.05, 0.1) is 6.10 Å². The Bertz CT molecular complexity index is 516. The Balaban J connectivity index is 1.54. The zero-order chi connectivity index (χ0) is 14.3. The van der Waals surface area contributed by atoms with Crippen molar-refractivity contribution in [3.8, 4) is 0 Å². The van der Waals surface area contributed by atoms with E-state index in [1.165, 1.54) is 55.2 Å². The molecule has 1 spiro atoms. The molecule has 2 atom stereocenters. The second-order valence-corrected chi connectivity index (χ2v) is 7.41. The zero-order valence-corrected chi connectivity index (χ0v) is 13.2. The predicted octanol–water partition coefficient (Wildman–Crippen LogP) is 3.71. The standard InChI is InChI=1S/C19H27NO/c1-14-6-7-16-8-9-19(18(16)10-14)13-20-12-17(21-19)11-15-4-2-3-5-15/h6-7,10,15,17,20H,2-5,8-9,11-13H2,1H3. The van der Waals surface area contributed by atoms with E-state index in [1.54, 1.807) is 0 Å². The number of benzene rings is 1. The lowest BCUT2D eigenvalue weighted by molar-refractivity contribution is -0.127. The summed E-state index contributed by atoms with van der Waals surface area (Å²) in [6.45, 7) is 4.22. The average molecular weight is 285 g/mol. The monoisotopic (exact) mass is 285 g/mol. The lowest BCUT2D eigenvalue weighted by Gasteiger charge is -2.41. The van der Waals surface area contributed by atoms with E-state index < -0.39 is 0 Å². The molecule has 0 bridgehead atoms. The van der Waals surface area contributed by atoms with Crippen LogP contribution < -0.4 is 5.32 Å². The van der Waals surface area contributed by atoms with Crippen LogP contribution in [0.2, 0.25) is 0 Å². The third-order valence-electron chi connectivity index (χ3n) is 5.80. The van der Waals surface area contributed by atoms with Crippen LogP contribution >= 0.6 is 0 Å². The lowest BCUT2D eigenvalue weighted by atomic mass is 9.91. The normalized spacial score (nSPS) is 32.7. The summed E-state index contributed by atoms with van der Waals surface area (Å²) in [5, 5.41) is 3.68. The Labute approximate surface area is 128 Å². The maximum Gasteiger partial charge on any atom is 0.106 e. The fraction of sp³-hybridized carbons (Fsp3) is 0.684. The van der Waals surface area contributed by atoms with Gasteiger partial charge in [-0.15, -0.1) is 0 Å². The van der Waals surface area contributed by atoms with Crippen LogP contribution in [0.5, 0.6) is 0 Å². The molecule has 1 aromatic rings. The van der Waals surface area contributed by atoms with E-state index in [0.29, 0.717) is 6.10 Å². The molecule has 114 valence electrons. The minimum absolute atomic E-state index is 0.0388. The Morgan fingerprint density at radius 1 is 1.29 bits per heavy atom. The molecule has 0 aromatic heterocycles. The summed E-state index contributed by atoms with van der Waals surface area (Å²) >= 11 is 0. The van der Waals surface area contributed by atoms with E-state index in [4.69, 9.17) is 4.74 Å². The van der Waals surface area contributed by atoms with Crippen LogP contribution in [0, 0.1) is 12.8 Å². The van der Waals surface area contributed by atoms with Gasteiger partial charge in [-0.05, 0) is 43.2 Å². The fourth-order valence-electron chi connectivity index (χ4n) is 4.70. The summed E-state index contributed by atoms with van der Waals surface area (Å²) in [5.41, 5.74) is 4.29. The Hall–Kier alpha value is -0.860. The first-order chi connectivity index (χ1) is 10.3. The van der Waals surface area contributed by atoms with E-state index >= 15 is 0 Å². The second kappa shape index (κ2) is 5.40. The molecule has 1 heterocycles. The number of aryl methyl sites for hydroxylation is 2. The quantitative estimate of drug-likeness (QED) is 0.894. The molecular weight excluding hydrogens is 258 g/mol. The molecule has 1 aliphatic heterocycles. The van der Waals surface area contributed by atoms with Crippen LogP contribution in [0.25, 0.3) is 0 Å². The van der Waals surface area contributed by atoms with E-state index in [0.717, 1.165) is 25.4 Å². The molecule has 3 aliphatic rings. The predicted molar refractivity (Wildman–Crippen MR) is 85.5 cm³/mol. The van der Waals surface area contributed by atoms with Gasteiger partial charge in [0.2, 0.25) is 0 Å². The smallest absolute Gasteiger partial charge is 0.106 e. The highest BCUT2D eigenvalue weighted by molar-refractivity contribution is 5.41. The first kappa shape index (κ1) is 13.8. The topological polar surface area (TPSA) is 21.3 Å². The van der Waals surface area contributed by atoms with Crippen molar-refractivity contribution in [2.24, 2.45) is 5.92 Å². The largest absolute Gasteiger partial charge is 0.364 e. The van der Waals surface area contributed by atoms with Gasteiger partial charge < -0.3 is 10.1 Å². The molecule has 2 heteroatoms. The molecule has 2 nitrogen and oxygen atoms in total. The summed E-state index contributed by atoms with van der Waals surface area (Å²) in [7, 11) is 0. The number of rotatable bonds is 2. The van der Waals surface area contributed by atoms with Gasteiger partial charge in [0, 0.05) is 13.1 Å². The highest BCUT2D eigenvalue weighted by Gasteiger charge is 2.44. The van der Waals surface area contributed by atoms with Crippen molar-refractivity contribution in [1.82, 2.24) is 5.32 Å². The Morgan fingerprint density at radius 2 is 2.14 bits per heavy atom. The van der Waals surface area contributed by atoms with Gasteiger partial charge in [-0.3, -0.25) is 0 Å². The summed E-state index contributed by atoms with van der Waals surface area (Å²) in [5.74, 6) is 0.908. The van der Waals surface area contributed by atoms with Crippen LogP contribution in [0.15, 0.2) is 18.2 Å². The molecule has 0 amide bonds. The fourth-order valence-corrected chi connectivity index (χ4v) is 4.70. The molecule has 2 fully saturated rings. The van der Waals surface area contributed by atoms with Crippen LogP contribution in [0.1, 0.15) is 55.2 Å². The molecule has 2 aliphatic carbocycles. The minimum Gasteiger partial charge on any atom is -0.364 e. The van der Waals surface area contributed by atoms with Crippen LogP contribution in [0.4, 0.5) is 0 Å². The van der Waals surface area contributed by atoms with E-state index in [2.05, 4.69) is 30.4 Å². The number of morpholine rings is 1. The lowest BCUT2D eigenvalue weighted by Crippen LogP contribution is -2.51. The number of hydrogen-bond donors (Lipinski definition) is 1. The van der Waals surface area contributed by atoms with E-state index in [1.807, 2.05) is 0 Å². The summed E-state index contributed by atoms with van der Waals surface area (Å²) < 4.78 is 6.72.